The van der Waals surface area contributed by atoms with Crippen molar-refractivity contribution in [3.63, 3.8) is 0 Å². The highest BCUT2D eigenvalue weighted by Gasteiger charge is 2.43. The first-order valence-corrected chi connectivity index (χ1v) is 11.5. The fraction of sp³-hybridized carbons (Fsp3) is 0.360. The van der Waals surface area contributed by atoms with Crippen molar-refractivity contribution in [2.24, 2.45) is 11.0 Å². The van der Waals surface area contributed by atoms with E-state index in [0.717, 1.165) is 24.0 Å². The average molecular weight is 482 g/mol. The third-order valence-electron chi connectivity index (χ3n) is 6.00. The van der Waals surface area contributed by atoms with Gasteiger partial charge in [-0.2, -0.15) is 0 Å². The molecule has 0 fully saturated rings. The lowest BCUT2D eigenvalue weighted by Crippen LogP contribution is -2.58. The number of urea groups is 1. The minimum atomic E-state index is -1.08. The maximum Gasteiger partial charge on any atom is 0.322 e. The van der Waals surface area contributed by atoms with Crippen LogP contribution in [-0.2, 0) is 23.2 Å². The van der Waals surface area contributed by atoms with Crippen molar-refractivity contribution in [3.8, 4) is 0 Å². The lowest BCUT2D eigenvalue weighted by molar-refractivity contribution is -0.137. The van der Waals surface area contributed by atoms with Crippen LogP contribution >= 0.6 is 11.6 Å². The van der Waals surface area contributed by atoms with Gasteiger partial charge in [0.05, 0.1) is 18.5 Å². The molecule has 2 N–H and O–H groups in total. The first kappa shape index (κ1) is 25.1. The van der Waals surface area contributed by atoms with E-state index in [-0.39, 0.29) is 25.4 Å². The van der Waals surface area contributed by atoms with Gasteiger partial charge in [-0.15, -0.1) is 0 Å². The van der Waals surface area contributed by atoms with E-state index in [0.29, 0.717) is 10.6 Å². The van der Waals surface area contributed by atoms with E-state index >= 15 is 0 Å². The van der Waals surface area contributed by atoms with Gasteiger partial charge in [-0.05, 0) is 52.6 Å². The van der Waals surface area contributed by atoms with Gasteiger partial charge in [0.15, 0.2) is 0 Å². The summed E-state index contributed by atoms with van der Waals surface area (Å²) in [7, 11) is 0. The number of hydrogen-bond acceptors (Lipinski definition) is 3. The van der Waals surface area contributed by atoms with Crippen LogP contribution < -0.4 is 5.32 Å². The molecule has 1 heterocycles. The molecule has 2 aromatic rings. The van der Waals surface area contributed by atoms with Crippen molar-refractivity contribution in [1.29, 1.82) is 0 Å². The zero-order chi connectivity index (χ0) is 24.7. The van der Waals surface area contributed by atoms with Gasteiger partial charge in [0.1, 0.15) is 0 Å². The van der Waals surface area contributed by atoms with Crippen molar-refractivity contribution in [2.45, 2.75) is 38.6 Å². The Morgan fingerprint density at radius 1 is 1.24 bits per heavy atom. The molecule has 178 valence electrons. The summed E-state index contributed by atoms with van der Waals surface area (Å²) in [5.74, 6) is -1.02. The molecule has 0 aliphatic carbocycles. The standard InChI is InChI=1S/C25H28ClN5O3/c1-17(2)21-15-31(13-12-23(32)33)24(34)29-25(21,16-28-30-27)20-11-10-19(22(26)14-20)9-8-18-6-4-3-5-7-18/h3-7,10-11,14-15,17H,8-9,12-13,16H2,1-2H3,(H,29,34)(H,32,33)/t25-/m1/s1. The third kappa shape index (κ3) is 5.71. The first-order valence-electron chi connectivity index (χ1n) is 11.1. The highest BCUT2D eigenvalue weighted by Crippen LogP contribution is 2.39. The highest BCUT2D eigenvalue weighted by atomic mass is 35.5. The van der Waals surface area contributed by atoms with Crippen molar-refractivity contribution in [1.82, 2.24) is 10.2 Å². The lowest BCUT2D eigenvalue weighted by Gasteiger charge is -2.44. The molecule has 3 rings (SSSR count). The highest BCUT2D eigenvalue weighted by molar-refractivity contribution is 6.31. The molecule has 0 unspecified atom stereocenters. The van der Waals surface area contributed by atoms with Gasteiger partial charge >= 0.3 is 12.0 Å². The van der Waals surface area contributed by atoms with Gasteiger partial charge in [0.2, 0.25) is 0 Å². The van der Waals surface area contributed by atoms with Gasteiger partial charge < -0.3 is 15.3 Å². The second-order valence-corrected chi connectivity index (χ2v) is 9.00. The van der Waals surface area contributed by atoms with Crippen LogP contribution in [-0.4, -0.2) is 35.1 Å². The Morgan fingerprint density at radius 2 is 1.97 bits per heavy atom. The van der Waals surface area contributed by atoms with Crippen LogP contribution in [0.5, 0.6) is 0 Å². The molecular formula is C25H28ClN5O3. The normalized spacial score (nSPS) is 17.7. The number of halogens is 1. The Bertz CT molecular complexity index is 1130. The van der Waals surface area contributed by atoms with Crippen LogP contribution in [0.1, 0.15) is 37.0 Å². The van der Waals surface area contributed by atoms with Crippen LogP contribution in [0.25, 0.3) is 10.4 Å². The topological polar surface area (TPSA) is 118 Å². The molecule has 2 amide bonds. The van der Waals surface area contributed by atoms with Gasteiger partial charge in [0.25, 0.3) is 0 Å². The minimum Gasteiger partial charge on any atom is -0.481 e. The summed E-state index contributed by atoms with van der Waals surface area (Å²) in [6, 6.07) is 15.4. The number of carboxylic acid groups (broad SMARTS) is 1. The number of amides is 2. The van der Waals surface area contributed by atoms with E-state index in [1.165, 1.54) is 10.5 Å². The number of nitrogens with one attached hydrogen (secondary N) is 1. The number of aryl methyl sites for hydroxylation is 2. The average Bonchev–Trinajstić information content (AvgIpc) is 2.81. The summed E-state index contributed by atoms with van der Waals surface area (Å²) < 4.78 is 0. The van der Waals surface area contributed by atoms with Crippen LogP contribution in [0.4, 0.5) is 4.79 Å². The molecule has 1 aliphatic rings. The fourth-order valence-corrected chi connectivity index (χ4v) is 4.50. The summed E-state index contributed by atoms with van der Waals surface area (Å²) in [4.78, 5) is 28.2. The van der Waals surface area contributed by atoms with E-state index in [9.17, 15) is 9.59 Å². The largest absolute Gasteiger partial charge is 0.481 e. The zero-order valence-corrected chi connectivity index (χ0v) is 20.0. The maximum absolute atomic E-state index is 12.9. The van der Waals surface area contributed by atoms with E-state index in [1.807, 2.05) is 50.2 Å². The van der Waals surface area contributed by atoms with Crippen molar-refractivity contribution in [3.05, 3.63) is 92.5 Å². The van der Waals surface area contributed by atoms with E-state index in [1.54, 1.807) is 6.20 Å². The Morgan fingerprint density at radius 3 is 2.59 bits per heavy atom. The zero-order valence-electron chi connectivity index (χ0n) is 19.2. The number of rotatable bonds is 10. The van der Waals surface area contributed by atoms with Gasteiger partial charge in [-0.25, -0.2) is 4.79 Å². The summed E-state index contributed by atoms with van der Waals surface area (Å²) in [6.07, 6.45) is 3.10. The molecule has 0 spiro atoms. The van der Waals surface area contributed by atoms with E-state index in [2.05, 4.69) is 27.5 Å². The second-order valence-electron chi connectivity index (χ2n) is 8.59. The lowest BCUT2D eigenvalue weighted by atomic mass is 9.76. The van der Waals surface area contributed by atoms with E-state index in [4.69, 9.17) is 22.2 Å². The molecule has 0 saturated carbocycles. The van der Waals surface area contributed by atoms with Crippen molar-refractivity contribution < 1.29 is 14.7 Å². The van der Waals surface area contributed by atoms with Crippen LogP contribution in [0, 0.1) is 5.92 Å². The first-order chi connectivity index (χ1) is 16.3. The summed E-state index contributed by atoms with van der Waals surface area (Å²) in [5.41, 5.74) is 11.7. The third-order valence-corrected chi connectivity index (χ3v) is 6.35. The molecule has 1 aliphatic heterocycles. The molecule has 9 heteroatoms. The molecule has 2 aromatic carbocycles. The summed E-state index contributed by atoms with van der Waals surface area (Å²) >= 11 is 6.68. The molecule has 1 atom stereocenters. The Hall–Kier alpha value is -3.48. The molecule has 0 aromatic heterocycles. The number of aliphatic carboxylic acids is 1. The number of carbonyl (C=O) groups is 2. The number of carboxylic acids is 1. The number of benzene rings is 2. The molecular weight excluding hydrogens is 454 g/mol. The Balaban J connectivity index is 1.98. The minimum absolute atomic E-state index is 0.0293. The quantitative estimate of drug-likeness (QED) is 0.258. The SMILES string of the molecule is CC(C)C1=CN(CCC(=O)O)C(=O)N[C@]1(CN=[N+]=[N-])c1ccc(CCc2ccccc2)c(Cl)c1. The molecule has 34 heavy (non-hydrogen) atoms. The van der Waals surface area contributed by atoms with E-state index < -0.39 is 17.5 Å². The Kier molecular flexibility index (Phi) is 8.21. The summed E-state index contributed by atoms with van der Waals surface area (Å²) in [5, 5.41) is 16.4. The molecule has 0 radical (unpaired) electrons. The number of carbonyl (C=O) groups excluding carboxylic acids is 1. The summed E-state index contributed by atoms with van der Waals surface area (Å²) in [6.45, 7) is 3.94. The fourth-order valence-electron chi connectivity index (χ4n) is 4.23. The molecule has 0 bridgehead atoms. The predicted octanol–water partition coefficient (Wildman–Crippen LogP) is 5.67. The van der Waals surface area contributed by atoms with Gasteiger partial charge in [-0.3, -0.25) is 4.79 Å². The predicted molar refractivity (Wildman–Crippen MR) is 131 cm³/mol. The monoisotopic (exact) mass is 481 g/mol. The van der Waals surface area contributed by atoms with Crippen LogP contribution in [0.2, 0.25) is 5.02 Å². The Labute approximate surface area is 203 Å². The van der Waals surface area contributed by atoms with Crippen molar-refractivity contribution in [2.75, 3.05) is 13.1 Å². The van der Waals surface area contributed by atoms with Crippen molar-refractivity contribution >= 4 is 23.6 Å². The van der Waals surface area contributed by atoms with Crippen LogP contribution in [0.15, 0.2) is 65.4 Å². The van der Waals surface area contributed by atoms with Gasteiger partial charge in [-0.1, -0.05) is 73.0 Å². The number of azide groups is 1. The van der Waals surface area contributed by atoms with Crippen LogP contribution in [0.3, 0.4) is 0 Å². The smallest absolute Gasteiger partial charge is 0.322 e. The van der Waals surface area contributed by atoms with Gasteiger partial charge in [0, 0.05) is 22.7 Å². The molecule has 8 nitrogen and oxygen atoms in total. The molecule has 0 saturated heterocycles. The number of hydrogen-bond donors (Lipinski definition) is 2. The number of nitrogens with zero attached hydrogens (tertiary/aromatic N) is 4. The second kappa shape index (κ2) is 11.1. The maximum atomic E-state index is 12.9.